The highest BCUT2D eigenvalue weighted by atomic mass is 35.5. The van der Waals surface area contributed by atoms with Crippen LogP contribution in [-0.2, 0) is 11.2 Å². The number of hydrogen-bond donors (Lipinski definition) is 2. The molecular weight excluding hydrogens is 359 g/mol. The summed E-state index contributed by atoms with van der Waals surface area (Å²) in [6.45, 7) is 7.92. The van der Waals surface area contributed by atoms with E-state index in [1.54, 1.807) is 0 Å². The Bertz CT molecular complexity index is 572. The first-order valence-electron chi connectivity index (χ1n) is 8.62. The van der Waals surface area contributed by atoms with Gasteiger partial charge in [0.1, 0.15) is 0 Å². The molecule has 1 amide bonds. The molecule has 1 saturated heterocycles. The number of benzene rings is 1. The van der Waals surface area contributed by atoms with Gasteiger partial charge in [0, 0.05) is 31.9 Å². The average Bonchev–Trinajstić information content (AvgIpc) is 3.12. The number of nitrogens with zero attached hydrogens (tertiary/aromatic N) is 2. The number of nitrogens with two attached hydrogens (primary N) is 1. The molecule has 1 unspecified atom stereocenters. The molecular formula is C18H30Cl2N4O. The van der Waals surface area contributed by atoms with Crippen molar-refractivity contribution in [1.82, 2.24) is 10.2 Å². The molecule has 3 rings (SSSR count). The van der Waals surface area contributed by atoms with E-state index in [1.807, 2.05) is 0 Å². The van der Waals surface area contributed by atoms with Crippen LogP contribution in [0.5, 0.6) is 0 Å². The molecule has 1 aromatic carbocycles. The first-order chi connectivity index (χ1) is 11.1. The number of halogens is 2. The van der Waals surface area contributed by atoms with Crippen molar-refractivity contribution in [2.24, 2.45) is 11.1 Å². The van der Waals surface area contributed by atoms with Gasteiger partial charge in [-0.1, -0.05) is 25.1 Å². The van der Waals surface area contributed by atoms with E-state index < -0.39 is 0 Å². The topological polar surface area (TPSA) is 61.6 Å². The van der Waals surface area contributed by atoms with Gasteiger partial charge in [0.2, 0.25) is 5.91 Å². The Hall–Kier alpha value is -1.01. The molecule has 1 aromatic rings. The Labute approximate surface area is 163 Å². The lowest BCUT2D eigenvalue weighted by Gasteiger charge is -2.23. The molecule has 25 heavy (non-hydrogen) atoms. The van der Waals surface area contributed by atoms with Gasteiger partial charge in [-0.2, -0.15) is 0 Å². The monoisotopic (exact) mass is 388 g/mol. The van der Waals surface area contributed by atoms with Crippen LogP contribution >= 0.6 is 24.8 Å². The maximum atomic E-state index is 12.1. The minimum absolute atomic E-state index is 0. The lowest BCUT2D eigenvalue weighted by atomic mass is 9.90. The van der Waals surface area contributed by atoms with E-state index in [-0.39, 0.29) is 36.1 Å². The molecule has 0 aromatic heterocycles. The predicted molar refractivity (Wildman–Crippen MR) is 108 cm³/mol. The number of nitrogens with one attached hydrogen (secondary N) is 1. The fourth-order valence-corrected chi connectivity index (χ4v) is 3.66. The first-order valence-corrected chi connectivity index (χ1v) is 8.62. The minimum Gasteiger partial charge on any atom is -0.369 e. The number of carbonyl (C=O) groups excluding carboxylic acids is 1. The third-order valence-corrected chi connectivity index (χ3v) is 5.18. The Morgan fingerprint density at radius 1 is 1.28 bits per heavy atom. The zero-order chi connectivity index (χ0) is 16.3. The van der Waals surface area contributed by atoms with Crippen molar-refractivity contribution in [3.05, 3.63) is 29.8 Å². The second kappa shape index (κ2) is 9.62. The second-order valence-corrected chi connectivity index (χ2v) is 7.19. The van der Waals surface area contributed by atoms with Crippen molar-refractivity contribution in [2.75, 3.05) is 50.7 Å². The van der Waals surface area contributed by atoms with Gasteiger partial charge in [-0.25, -0.2) is 0 Å². The largest absolute Gasteiger partial charge is 0.369 e. The summed E-state index contributed by atoms with van der Waals surface area (Å²) >= 11 is 0. The summed E-state index contributed by atoms with van der Waals surface area (Å²) in [7, 11) is 0. The molecule has 142 valence electrons. The fraction of sp³-hybridized carbons (Fsp3) is 0.611. The van der Waals surface area contributed by atoms with Crippen molar-refractivity contribution in [3.63, 3.8) is 0 Å². The molecule has 0 bridgehead atoms. The molecule has 1 atom stereocenters. The molecule has 0 aliphatic carbocycles. The van der Waals surface area contributed by atoms with Gasteiger partial charge < -0.3 is 16.0 Å². The van der Waals surface area contributed by atoms with Crippen molar-refractivity contribution < 1.29 is 4.79 Å². The minimum atomic E-state index is 0. The zero-order valence-electron chi connectivity index (χ0n) is 14.9. The summed E-state index contributed by atoms with van der Waals surface area (Å²) in [6, 6.07) is 8.53. The smallest absolute Gasteiger partial charge is 0.234 e. The number of fused-ring (bicyclic) bond motifs is 1. The van der Waals surface area contributed by atoms with E-state index in [0.29, 0.717) is 19.6 Å². The standard InChI is InChI=1S/C18H28N4O.2ClH/c1-18(13-19)7-10-21(14-18)12-17(23)20-8-11-22-9-6-15-4-2-3-5-16(15)22;;/h2-5H,6-14,19H2,1H3,(H,20,23);2*1H. The van der Waals surface area contributed by atoms with Gasteiger partial charge in [-0.05, 0) is 43.0 Å². The average molecular weight is 389 g/mol. The van der Waals surface area contributed by atoms with E-state index in [2.05, 4.69) is 46.3 Å². The summed E-state index contributed by atoms with van der Waals surface area (Å²) < 4.78 is 0. The summed E-state index contributed by atoms with van der Waals surface area (Å²) in [5.74, 6) is 0.124. The van der Waals surface area contributed by atoms with Crippen LogP contribution in [0, 0.1) is 5.41 Å². The predicted octanol–water partition coefficient (Wildman–Crippen LogP) is 1.68. The van der Waals surface area contributed by atoms with Crippen LogP contribution in [0.25, 0.3) is 0 Å². The van der Waals surface area contributed by atoms with Crippen LogP contribution in [-0.4, -0.2) is 56.6 Å². The van der Waals surface area contributed by atoms with Crippen LogP contribution in [0.2, 0.25) is 0 Å². The van der Waals surface area contributed by atoms with Gasteiger partial charge in [0.05, 0.1) is 6.54 Å². The van der Waals surface area contributed by atoms with Crippen molar-refractivity contribution >= 4 is 36.4 Å². The number of para-hydroxylation sites is 1. The van der Waals surface area contributed by atoms with Crippen molar-refractivity contribution in [1.29, 1.82) is 0 Å². The van der Waals surface area contributed by atoms with Crippen LogP contribution in [0.15, 0.2) is 24.3 Å². The molecule has 2 aliphatic heterocycles. The normalized spacial score (nSPS) is 22.1. The molecule has 3 N–H and O–H groups in total. The summed E-state index contributed by atoms with van der Waals surface area (Å²) in [5.41, 5.74) is 8.73. The van der Waals surface area contributed by atoms with Crippen molar-refractivity contribution in [2.45, 2.75) is 19.8 Å². The van der Waals surface area contributed by atoms with Crippen LogP contribution in [0.4, 0.5) is 5.69 Å². The quantitative estimate of drug-likeness (QED) is 0.777. The van der Waals surface area contributed by atoms with E-state index in [4.69, 9.17) is 5.73 Å². The SMILES string of the molecule is CC1(CN)CCN(CC(=O)NCCN2CCc3ccccc32)C1.Cl.Cl. The number of amides is 1. The Balaban J connectivity index is 0.00000156. The Morgan fingerprint density at radius 2 is 2.04 bits per heavy atom. The third-order valence-electron chi connectivity index (χ3n) is 5.18. The highest BCUT2D eigenvalue weighted by Gasteiger charge is 2.33. The summed E-state index contributed by atoms with van der Waals surface area (Å²) in [6.07, 6.45) is 2.19. The van der Waals surface area contributed by atoms with E-state index >= 15 is 0 Å². The van der Waals surface area contributed by atoms with Gasteiger partial charge in [0.15, 0.2) is 0 Å². The lowest BCUT2D eigenvalue weighted by Crippen LogP contribution is -2.41. The second-order valence-electron chi connectivity index (χ2n) is 7.19. The van der Waals surface area contributed by atoms with E-state index in [0.717, 1.165) is 39.0 Å². The van der Waals surface area contributed by atoms with Gasteiger partial charge >= 0.3 is 0 Å². The Morgan fingerprint density at radius 3 is 2.76 bits per heavy atom. The molecule has 1 fully saturated rings. The number of likely N-dealkylation sites (tertiary alicyclic amines) is 1. The number of rotatable bonds is 6. The van der Waals surface area contributed by atoms with Crippen LogP contribution in [0.3, 0.4) is 0 Å². The number of carbonyl (C=O) groups is 1. The molecule has 0 spiro atoms. The molecule has 2 heterocycles. The lowest BCUT2D eigenvalue weighted by molar-refractivity contribution is -0.122. The number of hydrogen-bond acceptors (Lipinski definition) is 4. The van der Waals surface area contributed by atoms with Crippen LogP contribution < -0.4 is 16.0 Å². The van der Waals surface area contributed by atoms with Gasteiger partial charge in [-0.15, -0.1) is 24.8 Å². The van der Waals surface area contributed by atoms with E-state index in [1.165, 1.54) is 11.3 Å². The fourth-order valence-electron chi connectivity index (χ4n) is 3.66. The zero-order valence-corrected chi connectivity index (χ0v) is 16.5. The van der Waals surface area contributed by atoms with Gasteiger partial charge in [-0.3, -0.25) is 9.69 Å². The summed E-state index contributed by atoms with van der Waals surface area (Å²) in [4.78, 5) is 16.7. The molecule has 7 heteroatoms. The highest BCUT2D eigenvalue weighted by molar-refractivity contribution is 5.85. The van der Waals surface area contributed by atoms with Crippen molar-refractivity contribution in [3.8, 4) is 0 Å². The van der Waals surface area contributed by atoms with Crippen LogP contribution in [0.1, 0.15) is 18.9 Å². The maximum Gasteiger partial charge on any atom is 0.234 e. The summed E-state index contributed by atoms with van der Waals surface area (Å²) in [5, 5.41) is 3.06. The third kappa shape index (κ3) is 5.48. The maximum absolute atomic E-state index is 12.1. The van der Waals surface area contributed by atoms with Gasteiger partial charge in [0.25, 0.3) is 0 Å². The molecule has 0 saturated carbocycles. The van der Waals surface area contributed by atoms with E-state index in [9.17, 15) is 4.79 Å². The first kappa shape index (κ1) is 22.0. The molecule has 0 radical (unpaired) electrons. The molecule has 5 nitrogen and oxygen atoms in total. The molecule has 2 aliphatic rings. The Kier molecular flexibility index (Phi) is 8.48. The number of anilines is 1. The highest BCUT2D eigenvalue weighted by Crippen LogP contribution is 2.28.